The van der Waals surface area contributed by atoms with Crippen LogP contribution in [0.15, 0.2) is 85.1 Å². The summed E-state index contributed by atoms with van der Waals surface area (Å²) in [5, 5.41) is 8.19. The van der Waals surface area contributed by atoms with Crippen LogP contribution < -0.4 is 10.6 Å². The van der Waals surface area contributed by atoms with E-state index in [1.165, 1.54) is 16.9 Å². The topological polar surface area (TPSA) is 69.8 Å². The second-order valence-corrected chi connectivity index (χ2v) is 8.25. The van der Waals surface area contributed by atoms with E-state index in [-0.39, 0.29) is 5.78 Å². The van der Waals surface area contributed by atoms with Gasteiger partial charge < -0.3 is 15.6 Å². The van der Waals surface area contributed by atoms with Crippen molar-refractivity contribution in [2.24, 2.45) is 0 Å². The number of carbonyl (C=O) groups excluding carboxylic acids is 1. The zero-order valence-electron chi connectivity index (χ0n) is 16.8. The molecule has 5 nitrogen and oxygen atoms in total. The maximum absolute atomic E-state index is 13.5. The van der Waals surface area contributed by atoms with Crippen LogP contribution in [-0.4, -0.2) is 15.8 Å². The average molecular weight is 425 g/mol. The highest BCUT2D eigenvalue weighted by molar-refractivity contribution is 7.18. The molecule has 0 atom stereocenters. The average Bonchev–Trinajstić information content (AvgIpc) is 3.40. The summed E-state index contributed by atoms with van der Waals surface area (Å²) in [5.41, 5.74) is 4.56. The predicted octanol–water partition coefficient (Wildman–Crippen LogP) is 6.65. The van der Waals surface area contributed by atoms with Gasteiger partial charge in [-0.1, -0.05) is 65.4 Å². The van der Waals surface area contributed by atoms with Gasteiger partial charge in [0.05, 0.1) is 0 Å². The summed E-state index contributed by atoms with van der Waals surface area (Å²) < 4.78 is 0. The third kappa shape index (κ3) is 3.93. The molecule has 0 amide bonds. The first kappa shape index (κ1) is 19.1. The number of hydrogen-bond acceptors (Lipinski definition) is 5. The minimum Gasteiger partial charge on any atom is -0.360 e. The number of fused-ring (bicyclic) bond motifs is 1. The summed E-state index contributed by atoms with van der Waals surface area (Å²) >= 11 is 1.34. The summed E-state index contributed by atoms with van der Waals surface area (Å²) in [6.07, 6.45) is 1.77. The van der Waals surface area contributed by atoms with Crippen molar-refractivity contribution in [1.82, 2.24) is 9.97 Å². The first-order valence-corrected chi connectivity index (χ1v) is 10.8. The molecule has 5 rings (SSSR count). The molecule has 0 fully saturated rings. The van der Waals surface area contributed by atoms with Crippen LogP contribution in [0.4, 0.5) is 22.3 Å². The summed E-state index contributed by atoms with van der Waals surface area (Å²) in [7, 11) is 0. The van der Waals surface area contributed by atoms with E-state index in [0.717, 1.165) is 22.3 Å². The van der Waals surface area contributed by atoms with Gasteiger partial charge >= 0.3 is 0 Å². The first-order valence-electron chi connectivity index (χ1n) is 9.95. The zero-order valence-corrected chi connectivity index (χ0v) is 17.7. The van der Waals surface area contributed by atoms with Gasteiger partial charge in [-0.2, -0.15) is 0 Å². The smallest absolute Gasteiger partial charge is 0.209 e. The quantitative estimate of drug-likeness (QED) is 0.267. The molecule has 152 valence electrons. The lowest BCUT2D eigenvalue weighted by Gasteiger charge is -2.05. The number of benzene rings is 3. The minimum atomic E-state index is -0.0645. The van der Waals surface area contributed by atoms with Crippen LogP contribution in [0.2, 0.25) is 0 Å². The number of nitrogens with one attached hydrogen (secondary N) is 3. The highest BCUT2D eigenvalue weighted by atomic mass is 32.1. The normalized spacial score (nSPS) is 10.9. The van der Waals surface area contributed by atoms with E-state index in [0.29, 0.717) is 21.4 Å². The van der Waals surface area contributed by atoms with Crippen molar-refractivity contribution in [2.75, 3.05) is 10.6 Å². The van der Waals surface area contributed by atoms with E-state index < -0.39 is 0 Å². The van der Waals surface area contributed by atoms with E-state index in [4.69, 9.17) is 4.98 Å². The molecular formula is C25H20N4OS. The van der Waals surface area contributed by atoms with Crippen molar-refractivity contribution in [3.05, 3.63) is 101 Å². The Bertz CT molecular complexity index is 1350. The first-order chi connectivity index (χ1) is 15.2. The highest BCUT2D eigenvalue weighted by Gasteiger charge is 2.22. The van der Waals surface area contributed by atoms with E-state index in [9.17, 15) is 4.79 Å². The Morgan fingerprint density at radius 2 is 1.58 bits per heavy atom. The summed E-state index contributed by atoms with van der Waals surface area (Å²) in [5.74, 6) is 0.478. The number of hydrogen-bond donors (Lipinski definition) is 3. The van der Waals surface area contributed by atoms with Gasteiger partial charge in [0.25, 0.3) is 0 Å². The van der Waals surface area contributed by atoms with Crippen LogP contribution in [-0.2, 0) is 0 Å². The third-order valence-corrected chi connectivity index (χ3v) is 5.98. The molecule has 0 aliphatic carbocycles. The molecule has 0 saturated heterocycles. The standard InChI is InChI=1S/C25H20N4OS/c1-16-11-13-18(14-12-16)28-25-29-24(27-17-7-3-2-4-8-17)23(31-25)22(30)20-15-26-21-10-6-5-9-19(20)21/h2-15,26-27H,1H3,(H,28,29). The Morgan fingerprint density at radius 3 is 2.39 bits per heavy atom. The fraction of sp³-hybridized carbons (Fsp3) is 0.0400. The molecule has 3 N–H and O–H groups in total. The molecule has 3 aromatic carbocycles. The third-order valence-electron chi connectivity index (χ3n) is 5.01. The fourth-order valence-corrected chi connectivity index (χ4v) is 4.31. The zero-order chi connectivity index (χ0) is 21.2. The molecule has 0 aliphatic rings. The van der Waals surface area contributed by atoms with Crippen molar-refractivity contribution in [3.8, 4) is 0 Å². The van der Waals surface area contributed by atoms with Crippen molar-refractivity contribution in [3.63, 3.8) is 0 Å². The molecule has 0 aliphatic heterocycles. The Morgan fingerprint density at radius 1 is 0.871 bits per heavy atom. The molecule has 5 aromatic rings. The molecule has 6 heteroatoms. The van der Waals surface area contributed by atoms with Crippen LogP contribution in [0, 0.1) is 6.92 Å². The SMILES string of the molecule is Cc1ccc(Nc2nc(Nc3ccccc3)c(C(=O)c3c[nH]c4ccccc34)s2)cc1. The number of anilines is 4. The Labute approximate surface area is 183 Å². The largest absolute Gasteiger partial charge is 0.360 e. The highest BCUT2D eigenvalue weighted by Crippen LogP contribution is 2.34. The predicted molar refractivity (Wildman–Crippen MR) is 128 cm³/mol. The van der Waals surface area contributed by atoms with Gasteiger partial charge in [-0.3, -0.25) is 4.79 Å². The molecule has 0 unspecified atom stereocenters. The Hall–Kier alpha value is -3.90. The van der Waals surface area contributed by atoms with Gasteiger partial charge in [0, 0.05) is 34.0 Å². The van der Waals surface area contributed by atoms with Gasteiger partial charge in [0.15, 0.2) is 10.9 Å². The van der Waals surface area contributed by atoms with Crippen LogP contribution >= 0.6 is 11.3 Å². The summed E-state index contributed by atoms with van der Waals surface area (Å²) in [6, 6.07) is 25.6. The number of aromatic nitrogens is 2. The lowest BCUT2D eigenvalue weighted by atomic mass is 10.1. The van der Waals surface area contributed by atoms with Crippen LogP contribution in [0.5, 0.6) is 0 Å². The minimum absolute atomic E-state index is 0.0645. The van der Waals surface area contributed by atoms with Crippen LogP contribution in [0.3, 0.4) is 0 Å². The molecule has 0 saturated carbocycles. The van der Waals surface area contributed by atoms with Gasteiger partial charge in [-0.25, -0.2) is 4.98 Å². The summed E-state index contributed by atoms with van der Waals surface area (Å²) in [4.78, 5) is 22.0. The molecule has 0 radical (unpaired) electrons. The number of ketones is 1. The molecular weight excluding hydrogens is 404 g/mol. The number of para-hydroxylation sites is 2. The Kier molecular flexibility index (Phi) is 4.98. The lowest BCUT2D eigenvalue weighted by Crippen LogP contribution is -2.02. The van der Waals surface area contributed by atoms with E-state index in [1.54, 1.807) is 6.20 Å². The Balaban J connectivity index is 1.54. The number of aryl methyl sites for hydroxylation is 1. The number of rotatable bonds is 6. The van der Waals surface area contributed by atoms with Gasteiger partial charge in [-0.05, 0) is 37.3 Å². The van der Waals surface area contributed by atoms with E-state index in [2.05, 4.69) is 15.6 Å². The number of nitrogens with zero attached hydrogens (tertiary/aromatic N) is 1. The molecule has 0 bridgehead atoms. The summed E-state index contributed by atoms with van der Waals surface area (Å²) in [6.45, 7) is 2.05. The van der Waals surface area contributed by atoms with Crippen molar-refractivity contribution in [2.45, 2.75) is 6.92 Å². The van der Waals surface area contributed by atoms with Crippen molar-refractivity contribution < 1.29 is 4.79 Å². The molecule has 31 heavy (non-hydrogen) atoms. The van der Waals surface area contributed by atoms with Crippen LogP contribution in [0.25, 0.3) is 10.9 Å². The molecule has 2 aromatic heterocycles. The van der Waals surface area contributed by atoms with E-state index in [1.807, 2.05) is 85.8 Å². The second-order valence-electron chi connectivity index (χ2n) is 7.26. The fourth-order valence-electron chi connectivity index (χ4n) is 3.41. The maximum atomic E-state index is 13.5. The number of H-pyrrole nitrogens is 1. The monoisotopic (exact) mass is 424 g/mol. The van der Waals surface area contributed by atoms with Crippen LogP contribution in [0.1, 0.15) is 20.8 Å². The molecule has 0 spiro atoms. The van der Waals surface area contributed by atoms with E-state index >= 15 is 0 Å². The number of thiazole rings is 1. The second kappa shape index (κ2) is 8.08. The van der Waals surface area contributed by atoms with Crippen molar-refractivity contribution >= 4 is 50.3 Å². The maximum Gasteiger partial charge on any atom is 0.209 e. The van der Waals surface area contributed by atoms with Crippen molar-refractivity contribution in [1.29, 1.82) is 0 Å². The molecule has 2 heterocycles. The van der Waals surface area contributed by atoms with Gasteiger partial charge in [0.2, 0.25) is 5.78 Å². The number of carbonyl (C=O) groups is 1. The number of aromatic amines is 1. The lowest BCUT2D eigenvalue weighted by molar-refractivity contribution is 0.104. The van der Waals surface area contributed by atoms with Gasteiger partial charge in [-0.15, -0.1) is 0 Å². The van der Waals surface area contributed by atoms with Gasteiger partial charge in [0.1, 0.15) is 4.88 Å².